The van der Waals surface area contributed by atoms with E-state index in [0.717, 1.165) is 12.1 Å². The Balaban J connectivity index is 1.74. The number of primary amides is 1. The third kappa shape index (κ3) is 4.40. The molecule has 0 fully saturated rings. The lowest BCUT2D eigenvalue weighted by Gasteiger charge is -2.17. The molecule has 2 amide bonds. The fraction of sp³-hybridized carbons (Fsp3) is 0.130. The van der Waals surface area contributed by atoms with Crippen LogP contribution in [-0.4, -0.2) is 26.2 Å². The third-order valence-electron chi connectivity index (χ3n) is 5.10. The van der Waals surface area contributed by atoms with Crippen LogP contribution in [0.1, 0.15) is 45.1 Å². The number of nitrogens with two attached hydrogens (primary N) is 1. The van der Waals surface area contributed by atoms with E-state index in [4.69, 9.17) is 5.73 Å². The summed E-state index contributed by atoms with van der Waals surface area (Å²) in [5.41, 5.74) is 6.07. The van der Waals surface area contributed by atoms with Crippen molar-refractivity contribution in [2.45, 2.75) is 19.1 Å². The van der Waals surface area contributed by atoms with E-state index in [1.165, 1.54) is 28.9 Å². The van der Waals surface area contributed by atoms with Gasteiger partial charge in [-0.3, -0.25) is 14.0 Å². The number of nitrogens with zero attached hydrogens (tertiary/aromatic N) is 3. The number of nitrogens with one attached hydrogen (secondary N) is 1. The van der Waals surface area contributed by atoms with Gasteiger partial charge >= 0.3 is 6.18 Å². The molecule has 0 aliphatic carbocycles. The van der Waals surface area contributed by atoms with Crippen molar-refractivity contribution in [3.8, 4) is 11.3 Å². The zero-order chi connectivity index (χ0) is 23.8. The van der Waals surface area contributed by atoms with E-state index >= 15 is 0 Å². The Bertz CT molecular complexity index is 1350. The highest BCUT2D eigenvalue weighted by Gasteiger charge is 2.31. The summed E-state index contributed by atoms with van der Waals surface area (Å²) in [5.74, 6) is -1.39. The van der Waals surface area contributed by atoms with Crippen molar-refractivity contribution in [1.82, 2.24) is 19.7 Å². The van der Waals surface area contributed by atoms with Gasteiger partial charge in [0.15, 0.2) is 11.3 Å². The number of alkyl halides is 3. The van der Waals surface area contributed by atoms with Gasteiger partial charge in [-0.2, -0.15) is 13.2 Å². The van der Waals surface area contributed by atoms with E-state index in [1.54, 1.807) is 31.2 Å². The number of aromatic nitrogens is 3. The zero-order valence-electron chi connectivity index (χ0n) is 17.3. The summed E-state index contributed by atoms with van der Waals surface area (Å²) in [7, 11) is 0. The third-order valence-corrected chi connectivity index (χ3v) is 5.10. The Morgan fingerprint density at radius 1 is 1.06 bits per heavy atom. The fourth-order valence-electron chi connectivity index (χ4n) is 3.41. The molecule has 0 spiro atoms. The maximum atomic E-state index is 13.2. The number of halogens is 3. The van der Waals surface area contributed by atoms with Crippen LogP contribution in [0, 0.1) is 0 Å². The normalized spacial score (nSPS) is 12.5. The first-order chi connectivity index (χ1) is 15.6. The van der Waals surface area contributed by atoms with E-state index in [1.807, 2.05) is 6.07 Å². The lowest BCUT2D eigenvalue weighted by molar-refractivity contribution is -0.137. The first kappa shape index (κ1) is 22.0. The van der Waals surface area contributed by atoms with Crippen LogP contribution in [0.4, 0.5) is 13.2 Å². The Morgan fingerprint density at radius 2 is 1.79 bits per heavy atom. The number of hydrogen-bond acceptors (Lipinski definition) is 4. The molecule has 0 aliphatic rings. The molecule has 10 heteroatoms. The molecule has 0 aliphatic heterocycles. The molecule has 33 heavy (non-hydrogen) atoms. The van der Waals surface area contributed by atoms with Gasteiger partial charge < -0.3 is 11.1 Å². The maximum Gasteiger partial charge on any atom is 0.416 e. The number of benzene rings is 2. The molecule has 2 aromatic carbocycles. The summed E-state index contributed by atoms with van der Waals surface area (Å²) in [6.07, 6.45) is -3.25. The minimum atomic E-state index is -4.50. The molecule has 2 aromatic heterocycles. The first-order valence-electron chi connectivity index (χ1n) is 9.86. The molecular weight excluding hydrogens is 435 g/mol. The molecule has 168 valence electrons. The van der Waals surface area contributed by atoms with Gasteiger partial charge in [0, 0.05) is 5.56 Å². The highest BCUT2D eigenvalue weighted by molar-refractivity contribution is 5.99. The van der Waals surface area contributed by atoms with E-state index < -0.39 is 29.6 Å². The summed E-state index contributed by atoms with van der Waals surface area (Å²) in [4.78, 5) is 33.4. The van der Waals surface area contributed by atoms with Crippen LogP contribution < -0.4 is 11.1 Å². The largest absolute Gasteiger partial charge is 0.416 e. The first-order valence-corrected chi connectivity index (χ1v) is 9.86. The number of carbonyl (C=O) groups is 2. The molecule has 2 heterocycles. The Hall–Kier alpha value is -4.21. The average molecular weight is 453 g/mol. The van der Waals surface area contributed by atoms with Crippen LogP contribution in [-0.2, 0) is 6.18 Å². The zero-order valence-corrected chi connectivity index (χ0v) is 17.3. The highest BCUT2D eigenvalue weighted by atomic mass is 19.4. The van der Waals surface area contributed by atoms with Gasteiger partial charge in [0.05, 0.1) is 17.3 Å². The minimum absolute atomic E-state index is 0.0951. The van der Waals surface area contributed by atoms with Gasteiger partial charge in [-0.25, -0.2) is 9.97 Å². The van der Waals surface area contributed by atoms with Gasteiger partial charge in [-0.1, -0.05) is 42.5 Å². The SMILES string of the molecule is CC(NC(=O)c1cc(-c2ccccc2)nc2c(C(N)=O)ncn12)c1cccc(C(F)(F)F)c1. The van der Waals surface area contributed by atoms with Crippen molar-refractivity contribution < 1.29 is 22.8 Å². The van der Waals surface area contributed by atoms with Crippen LogP contribution in [0.2, 0.25) is 0 Å². The molecule has 1 unspecified atom stereocenters. The smallest absolute Gasteiger partial charge is 0.364 e. The summed E-state index contributed by atoms with van der Waals surface area (Å²) < 4.78 is 40.5. The lowest BCUT2D eigenvalue weighted by atomic mass is 10.0. The summed E-state index contributed by atoms with van der Waals surface area (Å²) in [6, 6.07) is 14.5. The number of amides is 2. The molecule has 1 atom stereocenters. The maximum absolute atomic E-state index is 13.2. The van der Waals surface area contributed by atoms with Crippen molar-refractivity contribution >= 4 is 17.5 Å². The number of carbonyl (C=O) groups excluding carboxylic acids is 2. The Labute approximate surface area is 186 Å². The molecule has 4 aromatic rings. The quantitative estimate of drug-likeness (QED) is 0.477. The van der Waals surface area contributed by atoms with E-state index in [2.05, 4.69) is 15.3 Å². The monoisotopic (exact) mass is 453 g/mol. The Morgan fingerprint density at radius 3 is 2.45 bits per heavy atom. The second kappa shape index (κ2) is 8.38. The van der Waals surface area contributed by atoms with Gasteiger partial charge in [-0.15, -0.1) is 0 Å². The number of hydrogen-bond donors (Lipinski definition) is 2. The van der Waals surface area contributed by atoms with Crippen molar-refractivity contribution in [2.24, 2.45) is 5.73 Å². The van der Waals surface area contributed by atoms with Crippen molar-refractivity contribution in [2.75, 3.05) is 0 Å². The van der Waals surface area contributed by atoms with Gasteiger partial charge in [-0.05, 0) is 30.7 Å². The van der Waals surface area contributed by atoms with E-state index in [-0.39, 0.29) is 22.6 Å². The molecule has 4 rings (SSSR count). The predicted molar refractivity (Wildman–Crippen MR) is 114 cm³/mol. The topological polar surface area (TPSA) is 102 Å². The molecule has 3 N–H and O–H groups in total. The van der Waals surface area contributed by atoms with Crippen molar-refractivity contribution in [1.29, 1.82) is 0 Å². The van der Waals surface area contributed by atoms with Crippen LogP contribution in [0.5, 0.6) is 0 Å². The summed E-state index contributed by atoms with van der Waals surface area (Å²) >= 11 is 0. The van der Waals surface area contributed by atoms with E-state index in [9.17, 15) is 22.8 Å². The Kier molecular flexibility index (Phi) is 5.59. The van der Waals surface area contributed by atoms with Crippen LogP contribution in [0.3, 0.4) is 0 Å². The minimum Gasteiger partial charge on any atom is -0.364 e. The summed E-state index contributed by atoms with van der Waals surface area (Å²) in [5, 5.41) is 2.70. The lowest BCUT2D eigenvalue weighted by Crippen LogP contribution is -2.28. The number of fused-ring (bicyclic) bond motifs is 1. The van der Waals surface area contributed by atoms with Crippen LogP contribution >= 0.6 is 0 Å². The van der Waals surface area contributed by atoms with Crippen LogP contribution in [0.25, 0.3) is 16.9 Å². The molecule has 0 bridgehead atoms. The molecule has 0 radical (unpaired) electrons. The molecular formula is C23H18F3N5O2. The second-order valence-electron chi connectivity index (χ2n) is 7.36. The molecule has 0 saturated carbocycles. The van der Waals surface area contributed by atoms with E-state index in [0.29, 0.717) is 11.3 Å². The standard InChI is InChI=1S/C23H18F3N5O2/c1-13(15-8-5-9-16(10-15)23(24,25)26)29-22(33)18-11-17(14-6-3-2-4-7-14)30-21-19(20(27)32)28-12-31(18)21/h2-13H,1H3,(H2,27,32)(H,29,33). The summed E-state index contributed by atoms with van der Waals surface area (Å²) in [6.45, 7) is 1.58. The average Bonchev–Trinajstić information content (AvgIpc) is 3.23. The predicted octanol–water partition coefficient (Wildman–Crippen LogP) is 4.01. The number of rotatable bonds is 5. The fourth-order valence-corrected chi connectivity index (χ4v) is 3.41. The second-order valence-corrected chi connectivity index (χ2v) is 7.36. The van der Waals surface area contributed by atoms with Crippen LogP contribution in [0.15, 0.2) is 67.0 Å². The van der Waals surface area contributed by atoms with Gasteiger partial charge in [0.25, 0.3) is 11.8 Å². The highest BCUT2D eigenvalue weighted by Crippen LogP contribution is 2.31. The molecule has 7 nitrogen and oxygen atoms in total. The van der Waals surface area contributed by atoms with Gasteiger partial charge in [0.1, 0.15) is 12.0 Å². The van der Waals surface area contributed by atoms with Crippen molar-refractivity contribution in [3.05, 3.63) is 89.5 Å². The van der Waals surface area contributed by atoms with Gasteiger partial charge in [0.2, 0.25) is 0 Å². The van der Waals surface area contributed by atoms with Crippen molar-refractivity contribution in [3.63, 3.8) is 0 Å². The molecule has 0 saturated heterocycles. The number of imidazole rings is 1.